The van der Waals surface area contributed by atoms with E-state index in [1.54, 1.807) is 13.0 Å². The van der Waals surface area contributed by atoms with Crippen LogP contribution in [0, 0.1) is 5.92 Å². The number of sulfonamides is 1. The zero-order valence-electron chi connectivity index (χ0n) is 16.7. The zero-order valence-corrected chi connectivity index (χ0v) is 18.4. The van der Waals surface area contributed by atoms with Crippen molar-refractivity contribution in [1.29, 1.82) is 0 Å². The number of hydrogen-bond acceptors (Lipinski definition) is 8. The Morgan fingerprint density at radius 2 is 2.28 bits per heavy atom. The molecule has 0 aliphatic carbocycles. The number of ether oxygens (including phenoxy) is 1. The molecule has 10 heteroatoms. The van der Waals surface area contributed by atoms with Gasteiger partial charge in [-0.3, -0.25) is 0 Å². The molecule has 8 nitrogen and oxygen atoms in total. The van der Waals surface area contributed by atoms with Gasteiger partial charge in [-0.2, -0.15) is 0 Å². The summed E-state index contributed by atoms with van der Waals surface area (Å²) in [6.07, 6.45) is 3.26. The van der Waals surface area contributed by atoms with Crippen molar-refractivity contribution in [3.8, 4) is 10.6 Å². The summed E-state index contributed by atoms with van der Waals surface area (Å²) in [6, 6.07) is 4.62. The molecule has 1 atom stereocenters. The Bertz CT molecular complexity index is 922. The number of hydrogen-bond donors (Lipinski definition) is 1. The predicted molar refractivity (Wildman–Crippen MR) is 110 cm³/mol. The lowest BCUT2D eigenvalue weighted by molar-refractivity contribution is 0.0514. The Labute approximate surface area is 175 Å². The maximum Gasteiger partial charge on any atom is 0.360 e. The third-order valence-electron chi connectivity index (χ3n) is 4.77. The van der Waals surface area contributed by atoms with E-state index in [1.165, 1.54) is 25.0 Å². The molecule has 3 heterocycles. The highest BCUT2D eigenvalue weighted by Gasteiger charge is 2.21. The Morgan fingerprint density at radius 1 is 1.45 bits per heavy atom. The largest absolute Gasteiger partial charge is 0.461 e. The molecule has 0 saturated carbocycles. The van der Waals surface area contributed by atoms with Crippen LogP contribution in [0.15, 0.2) is 26.9 Å². The maximum atomic E-state index is 12.5. The van der Waals surface area contributed by atoms with E-state index in [0.29, 0.717) is 23.1 Å². The predicted octanol–water partition coefficient (Wildman–Crippen LogP) is 2.98. The van der Waals surface area contributed by atoms with Crippen molar-refractivity contribution >= 4 is 27.3 Å². The van der Waals surface area contributed by atoms with Gasteiger partial charge in [0.15, 0.2) is 11.5 Å². The molecule has 0 amide bonds. The quantitative estimate of drug-likeness (QED) is 0.471. The second-order valence-electron chi connectivity index (χ2n) is 7.21. The van der Waals surface area contributed by atoms with Crippen molar-refractivity contribution < 1.29 is 22.5 Å². The number of likely N-dealkylation sites (tertiary alicyclic amines) is 1. The summed E-state index contributed by atoms with van der Waals surface area (Å²) in [5.41, 5.74) is 0.0600. The first-order valence-electron chi connectivity index (χ1n) is 9.85. The van der Waals surface area contributed by atoms with Crippen LogP contribution in [-0.4, -0.2) is 57.2 Å². The van der Waals surface area contributed by atoms with Gasteiger partial charge < -0.3 is 14.2 Å². The van der Waals surface area contributed by atoms with Crippen LogP contribution in [0.1, 0.15) is 43.6 Å². The molecule has 2 aromatic rings. The molecule has 0 aromatic carbocycles. The van der Waals surface area contributed by atoms with Gasteiger partial charge >= 0.3 is 5.97 Å². The number of piperidine rings is 1. The number of nitrogens with zero attached hydrogens (tertiary/aromatic N) is 2. The first-order valence-corrected chi connectivity index (χ1v) is 12.1. The molecule has 0 unspecified atom stereocenters. The average Bonchev–Trinajstić information content (AvgIpc) is 3.35. The molecular weight excluding hydrogens is 414 g/mol. The zero-order chi connectivity index (χ0) is 20.9. The number of carbonyl (C=O) groups is 1. The molecule has 1 saturated heterocycles. The van der Waals surface area contributed by atoms with Crippen LogP contribution in [0.25, 0.3) is 10.6 Å². The number of thiophene rings is 1. The SMILES string of the molecule is CCOC(=O)c1cc(-c2ccc(S(=O)(=O)NCCCN3CCC[C@H](C)C3)s2)on1. The van der Waals surface area contributed by atoms with Crippen LogP contribution in [0.2, 0.25) is 0 Å². The van der Waals surface area contributed by atoms with E-state index in [1.807, 2.05) is 0 Å². The maximum absolute atomic E-state index is 12.5. The monoisotopic (exact) mass is 441 g/mol. The van der Waals surface area contributed by atoms with Crippen molar-refractivity contribution in [2.45, 2.75) is 37.3 Å². The summed E-state index contributed by atoms with van der Waals surface area (Å²) >= 11 is 1.07. The second kappa shape index (κ2) is 9.84. The van der Waals surface area contributed by atoms with Gasteiger partial charge in [0.25, 0.3) is 0 Å². The molecule has 1 aliphatic rings. The molecule has 29 heavy (non-hydrogen) atoms. The number of rotatable bonds is 9. The smallest absolute Gasteiger partial charge is 0.360 e. The number of aromatic nitrogens is 1. The summed E-state index contributed by atoms with van der Waals surface area (Å²) in [7, 11) is -3.58. The molecule has 3 rings (SSSR count). The van der Waals surface area contributed by atoms with Crippen LogP contribution >= 0.6 is 11.3 Å². The van der Waals surface area contributed by atoms with E-state index >= 15 is 0 Å². The van der Waals surface area contributed by atoms with Gasteiger partial charge in [-0.25, -0.2) is 17.9 Å². The summed E-state index contributed by atoms with van der Waals surface area (Å²) in [6.45, 7) is 7.68. The summed E-state index contributed by atoms with van der Waals surface area (Å²) in [5.74, 6) is 0.473. The highest BCUT2D eigenvalue weighted by Crippen LogP contribution is 2.31. The van der Waals surface area contributed by atoms with Crippen molar-refractivity contribution in [1.82, 2.24) is 14.8 Å². The third kappa shape index (κ3) is 5.88. The van der Waals surface area contributed by atoms with E-state index in [-0.39, 0.29) is 16.5 Å². The molecule has 2 aromatic heterocycles. The standard InChI is InChI=1S/C19H27N3O5S2/c1-3-26-19(23)15-12-16(27-21-15)17-7-8-18(28-17)29(24,25)20-9-5-11-22-10-4-6-14(2)13-22/h7-8,12,14,20H,3-6,9-11,13H2,1-2H3/t14-/m0/s1. The minimum Gasteiger partial charge on any atom is -0.461 e. The Hall–Kier alpha value is -1.75. The average molecular weight is 442 g/mol. The Kier molecular flexibility index (Phi) is 7.44. The van der Waals surface area contributed by atoms with Gasteiger partial charge in [0.05, 0.1) is 11.5 Å². The number of nitrogens with one attached hydrogen (secondary N) is 1. The molecule has 0 spiro atoms. The van der Waals surface area contributed by atoms with E-state index in [0.717, 1.165) is 37.4 Å². The van der Waals surface area contributed by atoms with E-state index < -0.39 is 16.0 Å². The van der Waals surface area contributed by atoms with Gasteiger partial charge in [-0.15, -0.1) is 11.3 Å². The van der Waals surface area contributed by atoms with Crippen molar-refractivity contribution in [2.24, 2.45) is 5.92 Å². The molecular formula is C19H27N3O5S2. The van der Waals surface area contributed by atoms with Gasteiger partial charge in [0.2, 0.25) is 10.0 Å². The van der Waals surface area contributed by atoms with Crippen LogP contribution < -0.4 is 4.72 Å². The molecule has 160 valence electrons. The van der Waals surface area contributed by atoms with Crippen molar-refractivity contribution in [3.63, 3.8) is 0 Å². The normalized spacial score (nSPS) is 18.1. The Morgan fingerprint density at radius 3 is 3.03 bits per heavy atom. The molecule has 0 radical (unpaired) electrons. The highest BCUT2D eigenvalue weighted by molar-refractivity contribution is 7.91. The number of esters is 1. The lowest BCUT2D eigenvalue weighted by Crippen LogP contribution is -2.36. The fourth-order valence-corrected chi connectivity index (χ4v) is 5.73. The van der Waals surface area contributed by atoms with Crippen LogP contribution in [0.3, 0.4) is 0 Å². The summed E-state index contributed by atoms with van der Waals surface area (Å²) in [4.78, 5) is 14.7. The van der Waals surface area contributed by atoms with E-state index in [4.69, 9.17) is 9.26 Å². The van der Waals surface area contributed by atoms with Gasteiger partial charge in [-0.1, -0.05) is 12.1 Å². The molecule has 0 bridgehead atoms. The van der Waals surface area contributed by atoms with Crippen LogP contribution in [-0.2, 0) is 14.8 Å². The minimum absolute atomic E-state index is 0.0600. The third-order valence-corrected chi connectivity index (χ3v) is 7.82. The summed E-state index contributed by atoms with van der Waals surface area (Å²) in [5, 5.41) is 3.68. The highest BCUT2D eigenvalue weighted by atomic mass is 32.2. The lowest BCUT2D eigenvalue weighted by Gasteiger charge is -2.30. The number of carbonyl (C=O) groups excluding carboxylic acids is 1. The lowest BCUT2D eigenvalue weighted by atomic mass is 10.0. The van der Waals surface area contributed by atoms with Crippen molar-refractivity contribution in [2.75, 3.05) is 32.8 Å². The first kappa shape index (κ1) is 21.9. The fourth-order valence-electron chi connectivity index (χ4n) is 3.36. The van der Waals surface area contributed by atoms with Gasteiger partial charge in [0, 0.05) is 19.2 Å². The molecule has 1 aliphatic heterocycles. The van der Waals surface area contributed by atoms with Crippen molar-refractivity contribution in [3.05, 3.63) is 23.9 Å². The second-order valence-corrected chi connectivity index (χ2v) is 10.3. The fraction of sp³-hybridized carbons (Fsp3) is 0.579. The van der Waals surface area contributed by atoms with E-state index in [9.17, 15) is 13.2 Å². The molecule has 1 N–H and O–H groups in total. The topological polar surface area (TPSA) is 102 Å². The first-order chi connectivity index (χ1) is 13.9. The van der Waals surface area contributed by atoms with Gasteiger partial charge in [-0.05, 0) is 57.3 Å². The van der Waals surface area contributed by atoms with E-state index in [2.05, 4.69) is 21.7 Å². The van der Waals surface area contributed by atoms with Crippen LogP contribution in [0.5, 0.6) is 0 Å². The minimum atomic E-state index is -3.58. The molecule has 1 fully saturated rings. The van der Waals surface area contributed by atoms with Gasteiger partial charge in [0.1, 0.15) is 4.21 Å². The van der Waals surface area contributed by atoms with Crippen LogP contribution in [0.4, 0.5) is 0 Å². The summed E-state index contributed by atoms with van der Waals surface area (Å²) < 4.78 is 38.0. The Balaban J connectivity index is 1.54.